The fourth-order valence-electron chi connectivity index (χ4n) is 3.01. The van der Waals surface area contributed by atoms with Crippen molar-refractivity contribution in [3.63, 3.8) is 0 Å². The van der Waals surface area contributed by atoms with Gasteiger partial charge in [-0.05, 0) is 42.5 Å². The Morgan fingerprint density at radius 1 is 1.08 bits per heavy atom. The summed E-state index contributed by atoms with van der Waals surface area (Å²) in [5.74, 6) is 0.0641. The third-order valence-corrected chi connectivity index (χ3v) is 4.40. The van der Waals surface area contributed by atoms with Crippen LogP contribution < -0.4 is 11.1 Å². The average molecular weight is 321 g/mol. The zero-order valence-corrected chi connectivity index (χ0v) is 13.9. The molecule has 0 fully saturated rings. The van der Waals surface area contributed by atoms with Gasteiger partial charge in [0.05, 0.1) is 0 Å². The summed E-state index contributed by atoms with van der Waals surface area (Å²) in [6, 6.07) is 14.0. The van der Waals surface area contributed by atoms with E-state index in [2.05, 4.69) is 35.4 Å². The first kappa shape index (κ1) is 16.1. The molecule has 4 heteroatoms. The number of para-hydroxylation sites is 2. The first-order valence-electron chi connectivity index (χ1n) is 8.31. The van der Waals surface area contributed by atoms with Crippen LogP contribution in [0.5, 0.6) is 0 Å². The number of aromatic amines is 1. The highest BCUT2D eigenvalue weighted by atomic mass is 16.1. The molecule has 0 bridgehead atoms. The predicted molar refractivity (Wildman–Crippen MR) is 98.9 cm³/mol. The van der Waals surface area contributed by atoms with Crippen LogP contribution in [-0.4, -0.2) is 17.4 Å². The monoisotopic (exact) mass is 321 g/mol. The molecule has 0 aliphatic carbocycles. The lowest BCUT2D eigenvalue weighted by Gasteiger charge is -2.07. The molecule has 2 aromatic carbocycles. The number of carbonyl (C=O) groups is 1. The van der Waals surface area contributed by atoms with E-state index in [0.717, 1.165) is 17.7 Å². The van der Waals surface area contributed by atoms with Crippen molar-refractivity contribution in [2.24, 2.45) is 0 Å². The van der Waals surface area contributed by atoms with Gasteiger partial charge < -0.3 is 16.0 Å². The van der Waals surface area contributed by atoms with Gasteiger partial charge in [-0.25, -0.2) is 0 Å². The predicted octanol–water partition coefficient (Wildman–Crippen LogP) is 3.35. The lowest BCUT2D eigenvalue weighted by atomic mass is 10.1. The Bertz CT molecular complexity index is 851. The van der Waals surface area contributed by atoms with Crippen LogP contribution in [0.15, 0.2) is 48.7 Å². The topological polar surface area (TPSA) is 70.9 Å². The Balaban J connectivity index is 1.50. The smallest absolute Gasteiger partial charge is 0.220 e. The summed E-state index contributed by atoms with van der Waals surface area (Å²) >= 11 is 0. The number of hydrogen-bond donors (Lipinski definition) is 3. The highest BCUT2D eigenvalue weighted by molar-refractivity contribution is 5.86. The van der Waals surface area contributed by atoms with Crippen LogP contribution in [0.2, 0.25) is 0 Å². The number of amides is 1. The molecule has 1 heterocycles. The molecule has 0 spiro atoms. The summed E-state index contributed by atoms with van der Waals surface area (Å²) in [5.41, 5.74) is 11.3. The number of rotatable bonds is 6. The van der Waals surface area contributed by atoms with E-state index >= 15 is 0 Å². The zero-order chi connectivity index (χ0) is 16.9. The second kappa shape index (κ2) is 7.21. The lowest BCUT2D eigenvalue weighted by molar-refractivity contribution is -0.121. The summed E-state index contributed by atoms with van der Waals surface area (Å²) in [6.45, 7) is 2.74. The van der Waals surface area contributed by atoms with Gasteiger partial charge in [-0.1, -0.05) is 36.4 Å². The largest absolute Gasteiger partial charge is 0.399 e. The molecule has 124 valence electrons. The number of hydrogen-bond acceptors (Lipinski definition) is 2. The third kappa shape index (κ3) is 3.59. The van der Waals surface area contributed by atoms with Gasteiger partial charge in [-0.15, -0.1) is 0 Å². The Morgan fingerprint density at radius 2 is 1.92 bits per heavy atom. The minimum absolute atomic E-state index is 0.0641. The molecular weight excluding hydrogens is 298 g/mol. The quantitative estimate of drug-likeness (QED) is 0.609. The SMILES string of the molecule is Cc1cccc2c(CCNC(=O)CCc3ccccc3N)c[nH]c12. The second-order valence-corrected chi connectivity index (χ2v) is 6.11. The molecule has 0 aliphatic heterocycles. The Labute approximate surface area is 142 Å². The van der Waals surface area contributed by atoms with Crippen molar-refractivity contribution < 1.29 is 4.79 Å². The molecule has 0 saturated carbocycles. The number of aryl methyl sites for hydroxylation is 2. The first-order chi connectivity index (χ1) is 11.6. The number of aromatic nitrogens is 1. The molecule has 4 nitrogen and oxygen atoms in total. The van der Waals surface area contributed by atoms with Crippen molar-refractivity contribution in [1.29, 1.82) is 0 Å². The van der Waals surface area contributed by atoms with E-state index in [1.54, 1.807) is 0 Å². The van der Waals surface area contributed by atoms with Crippen molar-refractivity contribution in [1.82, 2.24) is 10.3 Å². The average Bonchev–Trinajstić information content (AvgIpc) is 2.99. The molecule has 1 amide bonds. The van der Waals surface area contributed by atoms with Crippen LogP contribution >= 0.6 is 0 Å². The zero-order valence-electron chi connectivity index (χ0n) is 13.9. The highest BCUT2D eigenvalue weighted by Gasteiger charge is 2.07. The van der Waals surface area contributed by atoms with Crippen LogP contribution in [0.4, 0.5) is 5.69 Å². The third-order valence-electron chi connectivity index (χ3n) is 4.40. The fraction of sp³-hybridized carbons (Fsp3) is 0.250. The molecule has 4 N–H and O–H groups in total. The van der Waals surface area contributed by atoms with E-state index in [1.165, 1.54) is 22.0 Å². The van der Waals surface area contributed by atoms with Crippen LogP contribution in [0.3, 0.4) is 0 Å². The molecule has 3 aromatic rings. The Kier molecular flexibility index (Phi) is 4.85. The summed E-state index contributed by atoms with van der Waals surface area (Å²) in [7, 11) is 0. The molecule has 1 aromatic heterocycles. The molecular formula is C20H23N3O. The van der Waals surface area contributed by atoms with Crippen LogP contribution in [0.1, 0.15) is 23.1 Å². The molecule has 0 saturated heterocycles. The van der Waals surface area contributed by atoms with E-state index in [9.17, 15) is 4.79 Å². The van der Waals surface area contributed by atoms with Gasteiger partial charge in [0.15, 0.2) is 0 Å². The summed E-state index contributed by atoms with van der Waals surface area (Å²) < 4.78 is 0. The van der Waals surface area contributed by atoms with Crippen LogP contribution in [0.25, 0.3) is 10.9 Å². The van der Waals surface area contributed by atoms with Crippen molar-refractivity contribution in [3.05, 3.63) is 65.4 Å². The molecule has 0 unspecified atom stereocenters. The lowest BCUT2D eigenvalue weighted by Crippen LogP contribution is -2.25. The molecule has 0 radical (unpaired) electrons. The highest BCUT2D eigenvalue weighted by Crippen LogP contribution is 2.21. The van der Waals surface area contributed by atoms with Gasteiger partial charge >= 0.3 is 0 Å². The first-order valence-corrected chi connectivity index (χ1v) is 8.31. The number of H-pyrrole nitrogens is 1. The van der Waals surface area contributed by atoms with Crippen molar-refractivity contribution in [2.75, 3.05) is 12.3 Å². The van der Waals surface area contributed by atoms with Crippen molar-refractivity contribution >= 4 is 22.5 Å². The Morgan fingerprint density at radius 3 is 2.75 bits per heavy atom. The number of carbonyl (C=O) groups excluding carboxylic acids is 1. The summed E-state index contributed by atoms with van der Waals surface area (Å²) in [6.07, 6.45) is 3.99. The number of benzene rings is 2. The van der Waals surface area contributed by atoms with Crippen LogP contribution in [-0.2, 0) is 17.6 Å². The normalized spacial score (nSPS) is 10.9. The maximum Gasteiger partial charge on any atom is 0.220 e. The fourth-order valence-corrected chi connectivity index (χ4v) is 3.01. The molecule has 24 heavy (non-hydrogen) atoms. The second-order valence-electron chi connectivity index (χ2n) is 6.11. The number of fused-ring (bicyclic) bond motifs is 1. The number of nitrogen functional groups attached to an aromatic ring is 1. The molecule has 0 aliphatic rings. The summed E-state index contributed by atoms with van der Waals surface area (Å²) in [4.78, 5) is 15.3. The van der Waals surface area contributed by atoms with Crippen LogP contribution in [0, 0.1) is 6.92 Å². The number of nitrogens with one attached hydrogen (secondary N) is 2. The standard InChI is InChI=1S/C20H23N3O/c1-14-5-4-7-17-16(13-23-20(14)17)11-12-22-19(24)10-9-15-6-2-3-8-18(15)21/h2-8,13,23H,9-12,21H2,1H3,(H,22,24). The maximum absolute atomic E-state index is 12.0. The van der Waals surface area contributed by atoms with E-state index in [0.29, 0.717) is 19.4 Å². The van der Waals surface area contributed by atoms with Gasteiger partial charge in [0.1, 0.15) is 0 Å². The van der Waals surface area contributed by atoms with Gasteiger partial charge in [0, 0.05) is 35.8 Å². The van der Waals surface area contributed by atoms with E-state index in [4.69, 9.17) is 5.73 Å². The van der Waals surface area contributed by atoms with E-state index < -0.39 is 0 Å². The van der Waals surface area contributed by atoms with Crippen molar-refractivity contribution in [2.45, 2.75) is 26.2 Å². The molecule has 3 rings (SSSR count). The van der Waals surface area contributed by atoms with Gasteiger partial charge in [0.2, 0.25) is 5.91 Å². The van der Waals surface area contributed by atoms with Gasteiger partial charge in [-0.2, -0.15) is 0 Å². The summed E-state index contributed by atoms with van der Waals surface area (Å²) in [5, 5.41) is 4.23. The van der Waals surface area contributed by atoms with E-state index in [1.807, 2.05) is 30.5 Å². The maximum atomic E-state index is 12.0. The van der Waals surface area contributed by atoms with Gasteiger partial charge in [-0.3, -0.25) is 4.79 Å². The number of anilines is 1. The number of nitrogens with two attached hydrogens (primary N) is 1. The van der Waals surface area contributed by atoms with Crippen molar-refractivity contribution in [3.8, 4) is 0 Å². The minimum atomic E-state index is 0.0641. The minimum Gasteiger partial charge on any atom is -0.399 e. The van der Waals surface area contributed by atoms with Gasteiger partial charge in [0.25, 0.3) is 0 Å². The molecule has 0 atom stereocenters. The Hall–Kier alpha value is -2.75. The van der Waals surface area contributed by atoms with E-state index in [-0.39, 0.29) is 5.91 Å².